The number of hydrogen-bond acceptors (Lipinski definition) is 3. The summed E-state index contributed by atoms with van der Waals surface area (Å²) in [5, 5.41) is 0. The van der Waals surface area contributed by atoms with Gasteiger partial charge in [-0.05, 0) is 6.92 Å². The van der Waals surface area contributed by atoms with Crippen LogP contribution in [0.1, 0.15) is 6.92 Å². The van der Waals surface area contributed by atoms with E-state index in [1.807, 2.05) is 6.92 Å². The Morgan fingerprint density at radius 1 is 1.78 bits per heavy atom. The predicted molar refractivity (Wildman–Crippen MR) is 47.4 cm³/mol. The van der Waals surface area contributed by atoms with E-state index < -0.39 is 0 Å². The van der Waals surface area contributed by atoms with Crippen molar-refractivity contribution in [1.82, 2.24) is 0 Å². The number of rotatable bonds is 0. The molecule has 1 heterocycles. The third-order valence-electron chi connectivity index (χ3n) is 1.09. The SMILES string of the molecule is CC1=NC[C@@H](I)C(N)=N1. The third kappa shape index (κ3) is 1.64. The third-order valence-corrected chi connectivity index (χ3v) is 2.12. The molecule has 0 aromatic heterocycles. The van der Waals surface area contributed by atoms with Gasteiger partial charge in [-0.1, -0.05) is 22.6 Å². The van der Waals surface area contributed by atoms with Gasteiger partial charge >= 0.3 is 0 Å². The Hall–Kier alpha value is -0.130. The van der Waals surface area contributed by atoms with E-state index in [1.165, 1.54) is 0 Å². The van der Waals surface area contributed by atoms with Crippen molar-refractivity contribution in [2.75, 3.05) is 6.54 Å². The van der Waals surface area contributed by atoms with Crippen LogP contribution in [0.3, 0.4) is 0 Å². The quantitative estimate of drug-likeness (QED) is 0.486. The van der Waals surface area contributed by atoms with Crippen LogP contribution in [0.4, 0.5) is 0 Å². The lowest BCUT2D eigenvalue weighted by atomic mass is 10.3. The van der Waals surface area contributed by atoms with E-state index in [4.69, 9.17) is 5.73 Å². The number of hydrogen-bond donors (Lipinski definition) is 1. The standard InChI is InChI=1S/C5H8IN3/c1-3-8-2-4(6)5(7)9-3/h4H,2H2,1H3,(H2,7,8,9)/t4-/m1/s1. The zero-order valence-corrected chi connectivity index (χ0v) is 7.29. The molecule has 4 heteroatoms. The van der Waals surface area contributed by atoms with Crippen LogP contribution in [-0.2, 0) is 0 Å². The topological polar surface area (TPSA) is 50.7 Å². The molecule has 0 unspecified atom stereocenters. The minimum atomic E-state index is 0.297. The summed E-state index contributed by atoms with van der Waals surface area (Å²) in [4.78, 5) is 8.10. The van der Waals surface area contributed by atoms with Crippen molar-refractivity contribution in [3.8, 4) is 0 Å². The number of nitrogens with two attached hydrogens (primary N) is 1. The molecule has 0 saturated carbocycles. The first-order valence-electron chi connectivity index (χ1n) is 2.69. The molecule has 0 amide bonds. The summed E-state index contributed by atoms with van der Waals surface area (Å²) < 4.78 is 0.297. The molecule has 0 aromatic carbocycles. The van der Waals surface area contributed by atoms with Crippen molar-refractivity contribution in [3.05, 3.63) is 0 Å². The Morgan fingerprint density at radius 2 is 2.44 bits per heavy atom. The molecule has 0 bridgehead atoms. The van der Waals surface area contributed by atoms with Gasteiger partial charge in [0.15, 0.2) is 0 Å². The van der Waals surface area contributed by atoms with Gasteiger partial charge in [0.05, 0.1) is 10.5 Å². The lowest BCUT2D eigenvalue weighted by Gasteiger charge is -2.10. The minimum absolute atomic E-state index is 0.297. The van der Waals surface area contributed by atoms with E-state index in [-0.39, 0.29) is 0 Å². The summed E-state index contributed by atoms with van der Waals surface area (Å²) in [6.45, 7) is 2.64. The summed E-state index contributed by atoms with van der Waals surface area (Å²) in [5.41, 5.74) is 5.53. The molecule has 9 heavy (non-hydrogen) atoms. The monoisotopic (exact) mass is 237 g/mol. The lowest BCUT2D eigenvalue weighted by Crippen LogP contribution is -2.30. The Bertz CT molecular complexity index is 173. The Kier molecular flexibility index (Phi) is 2.05. The Morgan fingerprint density at radius 3 is 2.89 bits per heavy atom. The van der Waals surface area contributed by atoms with Gasteiger partial charge in [0.25, 0.3) is 0 Å². The van der Waals surface area contributed by atoms with Crippen molar-refractivity contribution in [2.45, 2.75) is 10.8 Å². The van der Waals surface area contributed by atoms with E-state index >= 15 is 0 Å². The molecule has 0 spiro atoms. The van der Waals surface area contributed by atoms with Crippen LogP contribution in [0.25, 0.3) is 0 Å². The summed E-state index contributed by atoms with van der Waals surface area (Å²) >= 11 is 2.23. The largest absolute Gasteiger partial charge is 0.386 e. The smallest absolute Gasteiger partial charge is 0.122 e. The lowest BCUT2D eigenvalue weighted by molar-refractivity contribution is 1.04. The molecule has 0 fully saturated rings. The fourth-order valence-corrected chi connectivity index (χ4v) is 0.934. The zero-order valence-electron chi connectivity index (χ0n) is 5.13. The van der Waals surface area contributed by atoms with E-state index in [1.54, 1.807) is 0 Å². The number of nitrogens with zero attached hydrogens (tertiary/aromatic N) is 2. The molecule has 0 aromatic rings. The highest BCUT2D eigenvalue weighted by molar-refractivity contribution is 14.1. The van der Waals surface area contributed by atoms with Crippen molar-refractivity contribution < 1.29 is 0 Å². The van der Waals surface area contributed by atoms with E-state index in [9.17, 15) is 0 Å². The first-order valence-corrected chi connectivity index (χ1v) is 3.94. The molecule has 1 rings (SSSR count). The molecule has 2 N–H and O–H groups in total. The second-order valence-corrected chi connectivity index (χ2v) is 3.40. The first kappa shape index (κ1) is 6.98. The summed E-state index contributed by atoms with van der Waals surface area (Å²) in [6.07, 6.45) is 0. The number of aliphatic imine (C=N–C) groups is 2. The van der Waals surface area contributed by atoms with Crippen molar-refractivity contribution in [1.29, 1.82) is 0 Å². The number of amidine groups is 2. The Balaban J connectivity index is 2.74. The predicted octanol–water partition coefficient (Wildman–Crippen LogP) is 0.579. The summed E-state index contributed by atoms with van der Waals surface area (Å²) in [6, 6.07) is 0. The second kappa shape index (κ2) is 2.64. The zero-order chi connectivity index (χ0) is 6.85. The molecule has 50 valence electrons. The number of halogens is 1. The second-order valence-electron chi connectivity index (χ2n) is 1.89. The fourth-order valence-electron chi connectivity index (χ4n) is 0.598. The maximum atomic E-state index is 5.53. The van der Waals surface area contributed by atoms with Gasteiger partial charge < -0.3 is 5.73 Å². The fraction of sp³-hybridized carbons (Fsp3) is 0.600. The highest BCUT2D eigenvalue weighted by Gasteiger charge is 2.11. The molecule has 0 radical (unpaired) electrons. The maximum absolute atomic E-state index is 5.53. The van der Waals surface area contributed by atoms with Gasteiger partial charge in [-0.25, -0.2) is 4.99 Å². The van der Waals surface area contributed by atoms with Gasteiger partial charge in [0.1, 0.15) is 11.7 Å². The minimum Gasteiger partial charge on any atom is -0.386 e. The van der Waals surface area contributed by atoms with E-state index in [0.717, 1.165) is 12.4 Å². The van der Waals surface area contributed by atoms with Crippen molar-refractivity contribution in [2.24, 2.45) is 15.7 Å². The molecule has 1 atom stereocenters. The molecule has 3 nitrogen and oxygen atoms in total. The van der Waals surface area contributed by atoms with Gasteiger partial charge in [-0.3, -0.25) is 4.99 Å². The van der Waals surface area contributed by atoms with Crippen LogP contribution in [0.5, 0.6) is 0 Å². The first-order chi connectivity index (χ1) is 4.20. The van der Waals surface area contributed by atoms with Crippen molar-refractivity contribution >= 4 is 34.3 Å². The van der Waals surface area contributed by atoms with Gasteiger partial charge in [0, 0.05) is 0 Å². The van der Waals surface area contributed by atoms with Crippen LogP contribution in [0.2, 0.25) is 0 Å². The normalized spacial score (nSPS) is 27.1. The highest BCUT2D eigenvalue weighted by Crippen LogP contribution is 2.05. The van der Waals surface area contributed by atoms with Gasteiger partial charge in [-0.15, -0.1) is 0 Å². The van der Waals surface area contributed by atoms with Gasteiger partial charge in [-0.2, -0.15) is 0 Å². The highest BCUT2D eigenvalue weighted by atomic mass is 127. The van der Waals surface area contributed by atoms with E-state index in [2.05, 4.69) is 32.6 Å². The molecular weight excluding hydrogens is 229 g/mol. The molecular formula is C5H8IN3. The van der Waals surface area contributed by atoms with Crippen LogP contribution in [0.15, 0.2) is 9.98 Å². The van der Waals surface area contributed by atoms with Crippen LogP contribution in [0, 0.1) is 0 Å². The molecule has 0 saturated heterocycles. The molecule has 1 aliphatic heterocycles. The van der Waals surface area contributed by atoms with E-state index in [0.29, 0.717) is 9.76 Å². The van der Waals surface area contributed by atoms with Crippen molar-refractivity contribution in [3.63, 3.8) is 0 Å². The Labute approximate surface area is 67.6 Å². The maximum Gasteiger partial charge on any atom is 0.122 e. The average Bonchev–Trinajstić information content (AvgIpc) is 1.80. The van der Waals surface area contributed by atoms with Crippen LogP contribution >= 0.6 is 22.6 Å². The van der Waals surface area contributed by atoms with Crippen LogP contribution in [-0.4, -0.2) is 22.1 Å². The summed E-state index contributed by atoms with van der Waals surface area (Å²) in [7, 11) is 0. The molecule has 1 aliphatic rings. The average molecular weight is 237 g/mol. The molecule has 0 aliphatic carbocycles. The van der Waals surface area contributed by atoms with Crippen LogP contribution < -0.4 is 5.73 Å². The number of alkyl halides is 1. The summed E-state index contributed by atoms with van der Waals surface area (Å²) in [5.74, 6) is 1.49. The van der Waals surface area contributed by atoms with Gasteiger partial charge in [0.2, 0.25) is 0 Å².